The number of nitrogens with one attached hydrogen (secondary N) is 1. The number of rotatable bonds is 10. The van der Waals surface area contributed by atoms with E-state index in [9.17, 15) is 20.0 Å². The highest BCUT2D eigenvalue weighted by atomic mass is 16.4. The lowest BCUT2D eigenvalue weighted by molar-refractivity contribution is 0.0696. The monoisotopic (exact) mass is 540 g/mol. The summed E-state index contributed by atoms with van der Waals surface area (Å²) in [5.41, 5.74) is 4.81. The van der Waals surface area contributed by atoms with Crippen molar-refractivity contribution in [2.24, 2.45) is 0 Å². The highest BCUT2D eigenvalue weighted by molar-refractivity contribution is 5.96. The fourth-order valence-electron chi connectivity index (χ4n) is 5.39. The summed E-state index contributed by atoms with van der Waals surface area (Å²) in [4.78, 5) is 37.1. The predicted molar refractivity (Wildman–Crippen MR) is 153 cm³/mol. The van der Waals surface area contributed by atoms with E-state index in [0.29, 0.717) is 41.6 Å². The van der Waals surface area contributed by atoms with Crippen molar-refractivity contribution in [3.8, 4) is 6.07 Å². The Labute approximate surface area is 235 Å². The molecule has 1 amide bonds. The first-order chi connectivity index (χ1) is 19.3. The van der Waals surface area contributed by atoms with Gasteiger partial charge in [0.25, 0.3) is 5.91 Å². The summed E-state index contributed by atoms with van der Waals surface area (Å²) in [6, 6.07) is 17.5. The van der Waals surface area contributed by atoms with Gasteiger partial charge in [0, 0.05) is 44.0 Å². The van der Waals surface area contributed by atoms with E-state index >= 15 is 0 Å². The van der Waals surface area contributed by atoms with Crippen molar-refractivity contribution >= 4 is 17.6 Å². The van der Waals surface area contributed by atoms with Gasteiger partial charge in [-0.1, -0.05) is 12.1 Å². The summed E-state index contributed by atoms with van der Waals surface area (Å²) in [6.07, 6.45) is 4.22. The lowest BCUT2D eigenvalue weighted by atomic mass is 9.98. The number of piperidine rings is 1. The van der Waals surface area contributed by atoms with Gasteiger partial charge < -0.3 is 20.2 Å². The first-order valence-electron chi connectivity index (χ1n) is 13.7. The van der Waals surface area contributed by atoms with Crippen molar-refractivity contribution in [2.45, 2.75) is 58.7 Å². The molecular weight excluding hydrogens is 504 g/mol. The molecule has 0 radical (unpaired) electrons. The molecule has 9 heteroatoms. The van der Waals surface area contributed by atoms with Gasteiger partial charge in [-0.2, -0.15) is 5.26 Å². The Morgan fingerprint density at radius 2 is 1.80 bits per heavy atom. The van der Waals surface area contributed by atoms with E-state index < -0.39 is 5.97 Å². The largest absolute Gasteiger partial charge is 0.478 e. The average Bonchev–Trinajstić information content (AvgIpc) is 2.96. The number of carboxylic acid groups (broad SMARTS) is 1. The van der Waals surface area contributed by atoms with Crippen molar-refractivity contribution in [2.75, 3.05) is 24.5 Å². The summed E-state index contributed by atoms with van der Waals surface area (Å²) in [7, 11) is 0. The van der Waals surface area contributed by atoms with Crippen LogP contribution in [0.3, 0.4) is 0 Å². The number of aryl methyl sites for hydroxylation is 2. The van der Waals surface area contributed by atoms with Gasteiger partial charge in [0.15, 0.2) is 0 Å². The highest BCUT2D eigenvalue weighted by Crippen LogP contribution is 2.27. The molecule has 2 aromatic carbocycles. The van der Waals surface area contributed by atoms with Gasteiger partial charge in [0.2, 0.25) is 0 Å². The van der Waals surface area contributed by atoms with E-state index in [1.165, 1.54) is 6.33 Å². The minimum absolute atomic E-state index is 0.133. The van der Waals surface area contributed by atoms with Gasteiger partial charge in [0.1, 0.15) is 6.33 Å². The van der Waals surface area contributed by atoms with Crippen LogP contribution in [0.1, 0.15) is 69.4 Å². The Morgan fingerprint density at radius 3 is 2.42 bits per heavy atom. The first-order valence-corrected chi connectivity index (χ1v) is 13.7. The van der Waals surface area contributed by atoms with Gasteiger partial charge in [-0.25, -0.2) is 14.8 Å². The third-order valence-electron chi connectivity index (χ3n) is 7.72. The van der Waals surface area contributed by atoms with Crippen LogP contribution in [0, 0.1) is 25.2 Å². The van der Waals surface area contributed by atoms with Crippen LogP contribution in [0.2, 0.25) is 0 Å². The number of nitrogens with zero attached hydrogens (tertiary/aromatic N) is 5. The number of nitriles is 1. The number of likely N-dealkylation sites (tertiary alicyclic amines) is 1. The van der Waals surface area contributed by atoms with Crippen molar-refractivity contribution in [1.82, 2.24) is 20.2 Å². The number of hydrogen-bond donors (Lipinski definition) is 2. The van der Waals surface area contributed by atoms with Crippen molar-refractivity contribution < 1.29 is 14.7 Å². The Morgan fingerprint density at radius 1 is 1.12 bits per heavy atom. The lowest BCUT2D eigenvalue weighted by Crippen LogP contribution is -2.48. The minimum atomic E-state index is -0.944. The smallest absolute Gasteiger partial charge is 0.335 e. The maximum Gasteiger partial charge on any atom is 0.335 e. The summed E-state index contributed by atoms with van der Waals surface area (Å²) in [5.74, 6) is -1.08. The Kier molecular flexibility index (Phi) is 9.46. The number of amides is 1. The maximum atomic E-state index is 12.7. The second-order valence-corrected chi connectivity index (χ2v) is 10.4. The minimum Gasteiger partial charge on any atom is -0.478 e. The van der Waals surface area contributed by atoms with Crippen LogP contribution in [-0.2, 0) is 6.54 Å². The molecular formula is C31H36N6O3. The summed E-state index contributed by atoms with van der Waals surface area (Å²) in [6.45, 7) is 8.89. The molecule has 0 saturated carbocycles. The lowest BCUT2D eigenvalue weighted by Gasteiger charge is -2.42. The fraction of sp³-hybridized carbons (Fsp3) is 0.387. The molecule has 9 nitrogen and oxygen atoms in total. The van der Waals surface area contributed by atoms with Crippen LogP contribution < -0.4 is 10.2 Å². The standard InChI is InChI=1S/C31H36N6O3/c1-21(11-14-33-30(38)29-22(2)34-20-35-23(29)3)36-15-12-28(13-16-36)37(19-25-6-4-5-24(17-25)18-32)27-9-7-26(8-10-27)31(39)40/h4-10,17,20-21,28H,11-16,19H2,1-3H3,(H,33,38)(H,39,40). The third kappa shape index (κ3) is 7.01. The van der Waals surface area contributed by atoms with Crippen LogP contribution >= 0.6 is 0 Å². The molecule has 1 unspecified atom stereocenters. The highest BCUT2D eigenvalue weighted by Gasteiger charge is 2.27. The third-order valence-corrected chi connectivity index (χ3v) is 7.72. The zero-order valence-corrected chi connectivity index (χ0v) is 23.3. The molecule has 4 rings (SSSR count). The Bertz CT molecular complexity index is 1360. The van der Waals surface area contributed by atoms with E-state index in [4.69, 9.17) is 0 Å². The number of anilines is 1. The van der Waals surface area contributed by atoms with Crippen molar-refractivity contribution in [1.29, 1.82) is 5.26 Å². The number of carbonyl (C=O) groups is 2. The molecule has 1 fully saturated rings. The van der Waals surface area contributed by atoms with E-state index in [-0.39, 0.29) is 17.5 Å². The molecule has 1 aliphatic heterocycles. The molecule has 2 heterocycles. The quantitative estimate of drug-likeness (QED) is 0.389. The van der Waals surface area contributed by atoms with Gasteiger partial charge in [-0.3, -0.25) is 4.79 Å². The molecule has 0 bridgehead atoms. The van der Waals surface area contributed by atoms with E-state index in [2.05, 4.69) is 38.1 Å². The first kappa shape index (κ1) is 28.7. The topological polar surface area (TPSA) is 122 Å². The molecule has 0 aliphatic carbocycles. The molecule has 1 atom stereocenters. The zero-order chi connectivity index (χ0) is 28.6. The van der Waals surface area contributed by atoms with E-state index in [1.54, 1.807) is 18.2 Å². The van der Waals surface area contributed by atoms with Gasteiger partial charge in [-0.15, -0.1) is 0 Å². The second kappa shape index (κ2) is 13.2. The number of carboxylic acids is 1. The van der Waals surface area contributed by atoms with Gasteiger partial charge >= 0.3 is 5.97 Å². The van der Waals surface area contributed by atoms with E-state index in [1.807, 2.05) is 44.2 Å². The average molecular weight is 541 g/mol. The number of aromatic carboxylic acids is 1. The van der Waals surface area contributed by atoms with Crippen LogP contribution in [0.5, 0.6) is 0 Å². The molecule has 2 N–H and O–H groups in total. The Hall–Kier alpha value is -4.29. The molecule has 1 saturated heterocycles. The summed E-state index contributed by atoms with van der Waals surface area (Å²) >= 11 is 0. The van der Waals surface area contributed by atoms with Gasteiger partial charge in [0.05, 0.1) is 34.1 Å². The molecule has 1 aromatic heterocycles. The Balaban J connectivity index is 1.37. The van der Waals surface area contributed by atoms with Crippen LogP contribution in [0.15, 0.2) is 54.9 Å². The van der Waals surface area contributed by atoms with E-state index in [0.717, 1.165) is 43.6 Å². The van der Waals surface area contributed by atoms with Crippen LogP contribution in [0.25, 0.3) is 0 Å². The second-order valence-electron chi connectivity index (χ2n) is 10.4. The number of benzene rings is 2. The van der Waals surface area contributed by atoms with Crippen LogP contribution in [-0.4, -0.2) is 63.6 Å². The molecule has 1 aliphatic rings. The van der Waals surface area contributed by atoms with Crippen molar-refractivity contribution in [3.63, 3.8) is 0 Å². The predicted octanol–water partition coefficient (Wildman–Crippen LogP) is 4.34. The molecule has 0 spiro atoms. The summed E-state index contributed by atoms with van der Waals surface area (Å²) in [5, 5.41) is 21.7. The normalized spacial score (nSPS) is 14.8. The number of carbonyl (C=O) groups excluding carboxylic acids is 1. The number of hydrogen-bond acceptors (Lipinski definition) is 7. The van der Waals surface area contributed by atoms with Crippen molar-refractivity contribution in [3.05, 3.63) is 88.5 Å². The maximum absolute atomic E-state index is 12.7. The zero-order valence-electron chi connectivity index (χ0n) is 23.3. The van der Waals surface area contributed by atoms with Crippen LogP contribution in [0.4, 0.5) is 5.69 Å². The molecule has 3 aromatic rings. The summed E-state index contributed by atoms with van der Waals surface area (Å²) < 4.78 is 0. The number of aromatic nitrogens is 2. The SMILES string of the molecule is Cc1ncnc(C)c1C(=O)NCCC(C)N1CCC(N(Cc2cccc(C#N)c2)c2ccc(C(=O)O)cc2)CC1. The fourth-order valence-corrected chi connectivity index (χ4v) is 5.39. The molecule has 40 heavy (non-hydrogen) atoms. The van der Waals surface area contributed by atoms with Gasteiger partial charge in [-0.05, 0) is 82.0 Å². The molecule has 208 valence electrons.